The molecule has 2 fully saturated rings. The Kier molecular flexibility index (Phi) is 4.38. The van der Waals surface area contributed by atoms with Crippen molar-refractivity contribution in [1.82, 2.24) is 20.4 Å². The van der Waals surface area contributed by atoms with Crippen LogP contribution in [0.25, 0.3) is 11.4 Å². The van der Waals surface area contributed by atoms with Crippen LogP contribution in [0.5, 0.6) is 0 Å². The van der Waals surface area contributed by atoms with Crippen LogP contribution in [-0.2, 0) is 4.79 Å². The van der Waals surface area contributed by atoms with E-state index in [2.05, 4.69) is 25.3 Å². The zero-order valence-corrected chi connectivity index (χ0v) is 14.4. The summed E-state index contributed by atoms with van der Waals surface area (Å²) in [7, 11) is 0. The summed E-state index contributed by atoms with van der Waals surface area (Å²) in [6, 6.07) is 4.09. The standard InChI is InChI=1S/C18H23N5O2/c1-12(14-6-8-16(24)20-14)18-21-17(22-25-18)13-5-7-15(19-11-13)23-9-3-2-4-10-23/h5,7,11-12,14H,2-4,6,8-10H2,1H3,(H,20,24). The van der Waals surface area contributed by atoms with Gasteiger partial charge in [-0.25, -0.2) is 4.98 Å². The monoisotopic (exact) mass is 341 g/mol. The van der Waals surface area contributed by atoms with E-state index in [0.29, 0.717) is 18.1 Å². The number of carbonyl (C=O) groups is 1. The number of hydrogen-bond donors (Lipinski definition) is 1. The molecular weight excluding hydrogens is 318 g/mol. The van der Waals surface area contributed by atoms with E-state index < -0.39 is 0 Å². The Morgan fingerprint density at radius 1 is 1.28 bits per heavy atom. The molecular formula is C18H23N5O2. The molecule has 0 spiro atoms. The molecule has 2 aliphatic rings. The van der Waals surface area contributed by atoms with Crippen LogP contribution in [-0.4, -0.2) is 40.2 Å². The molecule has 2 aromatic rings. The van der Waals surface area contributed by atoms with Crippen LogP contribution in [0.3, 0.4) is 0 Å². The van der Waals surface area contributed by atoms with Gasteiger partial charge < -0.3 is 14.7 Å². The zero-order valence-electron chi connectivity index (χ0n) is 14.4. The van der Waals surface area contributed by atoms with E-state index in [4.69, 9.17) is 4.52 Å². The Morgan fingerprint density at radius 3 is 2.80 bits per heavy atom. The van der Waals surface area contributed by atoms with E-state index in [1.165, 1.54) is 19.3 Å². The third-order valence-corrected chi connectivity index (χ3v) is 5.15. The zero-order chi connectivity index (χ0) is 17.2. The van der Waals surface area contributed by atoms with Crippen molar-refractivity contribution in [2.75, 3.05) is 18.0 Å². The fourth-order valence-electron chi connectivity index (χ4n) is 3.55. The summed E-state index contributed by atoms with van der Waals surface area (Å²) in [6.07, 6.45) is 6.95. The van der Waals surface area contributed by atoms with Crippen molar-refractivity contribution < 1.29 is 9.32 Å². The molecule has 0 aromatic carbocycles. The van der Waals surface area contributed by atoms with Crippen LogP contribution < -0.4 is 10.2 Å². The summed E-state index contributed by atoms with van der Waals surface area (Å²) in [4.78, 5) is 22.8. The summed E-state index contributed by atoms with van der Waals surface area (Å²) in [5.74, 6) is 2.21. The summed E-state index contributed by atoms with van der Waals surface area (Å²) >= 11 is 0. The number of aromatic nitrogens is 3. The summed E-state index contributed by atoms with van der Waals surface area (Å²) < 4.78 is 5.42. The second-order valence-electron chi connectivity index (χ2n) is 6.91. The van der Waals surface area contributed by atoms with E-state index >= 15 is 0 Å². The molecule has 0 radical (unpaired) electrons. The Balaban J connectivity index is 1.47. The van der Waals surface area contributed by atoms with Crippen LogP contribution in [0, 0.1) is 0 Å². The predicted octanol–water partition coefficient (Wildman–Crippen LogP) is 2.50. The topological polar surface area (TPSA) is 84.2 Å². The van der Waals surface area contributed by atoms with Crippen LogP contribution >= 0.6 is 0 Å². The molecule has 7 heteroatoms. The highest BCUT2D eigenvalue weighted by molar-refractivity contribution is 5.78. The molecule has 4 rings (SSSR count). The molecule has 0 aliphatic carbocycles. The van der Waals surface area contributed by atoms with Crippen LogP contribution in [0.1, 0.15) is 50.8 Å². The summed E-state index contributed by atoms with van der Waals surface area (Å²) in [6.45, 7) is 4.15. The molecule has 25 heavy (non-hydrogen) atoms. The van der Waals surface area contributed by atoms with Gasteiger partial charge in [-0.1, -0.05) is 12.1 Å². The molecule has 0 saturated carbocycles. The lowest BCUT2D eigenvalue weighted by atomic mass is 10.0. The van der Waals surface area contributed by atoms with E-state index in [1.807, 2.05) is 19.1 Å². The molecule has 132 valence electrons. The molecule has 4 heterocycles. The van der Waals surface area contributed by atoms with E-state index in [-0.39, 0.29) is 17.9 Å². The second kappa shape index (κ2) is 6.82. The maximum atomic E-state index is 11.4. The van der Waals surface area contributed by atoms with Gasteiger partial charge in [0.25, 0.3) is 0 Å². The number of amides is 1. The van der Waals surface area contributed by atoms with Gasteiger partial charge in [0, 0.05) is 37.3 Å². The molecule has 2 saturated heterocycles. The molecule has 1 amide bonds. The van der Waals surface area contributed by atoms with E-state index in [0.717, 1.165) is 30.9 Å². The fraction of sp³-hybridized carbons (Fsp3) is 0.556. The van der Waals surface area contributed by atoms with Crippen LogP contribution in [0.2, 0.25) is 0 Å². The molecule has 2 unspecified atom stereocenters. The van der Waals surface area contributed by atoms with E-state index in [9.17, 15) is 4.79 Å². The average molecular weight is 341 g/mol. The van der Waals surface area contributed by atoms with E-state index in [1.54, 1.807) is 6.20 Å². The molecule has 2 aliphatic heterocycles. The number of nitrogens with zero attached hydrogens (tertiary/aromatic N) is 4. The van der Waals surface area contributed by atoms with Gasteiger partial charge in [0.15, 0.2) is 0 Å². The summed E-state index contributed by atoms with van der Waals surface area (Å²) in [5.41, 5.74) is 0.846. The number of hydrogen-bond acceptors (Lipinski definition) is 6. The van der Waals surface area contributed by atoms with Gasteiger partial charge in [-0.15, -0.1) is 0 Å². The van der Waals surface area contributed by atoms with Gasteiger partial charge in [-0.05, 0) is 37.8 Å². The Morgan fingerprint density at radius 2 is 2.12 bits per heavy atom. The highest BCUT2D eigenvalue weighted by Crippen LogP contribution is 2.27. The SMILES string of the molecule is CC(c1nc(-c2ccc(N3CCCCC3)nc2)no1)C1CCC(=O)N1. The number of carbonyl (C=O) groups excluding carboxylic acids is 1. The first kappa shape index (κ1) is 16.1. The highest BCUT2D eigenvalue weighted by atomic mass is 16.5. The second-order valence-corrected chi connectivity index (χ2v) is 6.91. The van der Waals surface area contributed by atoms with Crippen molar-refractivity contribution in [3.05, 3.63) is 24.2 Å². The molecule has 2 atom stereocenters. The predicted molar refractivity (Wildman–Crippen MR) is 93.2 cm³/mol. The fourth-order valence-corrected chi connectivity index (χ4v) is 3.55. The Labute approximate surface area is 146 Å². The number of nitrogens with one attached hydrogen (secondary N) is 1. The molecule has 1 N–H and O–H groups in total. The maximum absolute atomic E-state index is 11.4. The molecule has 7 nitrogen and oxygen atoms in total. The maximum Gasteiger partial charge on any atom is 0.231 e. The Hall–Kier alpha value is -2.44. The summed E-state index contributed by atoms with van der Waals surface area (Å²) in [5, 5.41) is 7.05. The van der Waals surface area contributed by atoms with Crippen LogP contribution in [0.4, 0.5) is 5.82 Å². The van der Waals surface area contributed by atoms with Gasteiger partial charge in [-0.3, -0.25) is 4.79 Å². The minimum absolute atomic E-state index is 0.00767. The van der Waals surface area contributed by atoms with Crippen molar-refractivity contribution in [3.8, 4) is 11.4 Å². The number of pyridine rings is 1. The van der Waals surface area contributed by atoms with Gasteiger partial charge in [0.05, 0.1) is 5.92 Å². The third-order valence-electron chi connectivity index (χ3n) is 5.15. The minimum Gasteiger partial charge on any atom is -0.357 e. The lowest BCUT2D eigenvalue weighted by Gasteiger charge is -2.27. The average Bonchev–Trinajstić information content (AvgIpc) is 3.31. The van der Waals surface area contributed by atoms with Crippen molar-refractivity contribution in [2.45, 2.75) is 51.0 Å². The smallest absolute Gasteiger partial charge is 0.231 e. The normalized spacial score (nSPS) is 22.0. The Bertz CT molecular complexity index is 736. The van der Waals surface area contributed by atoms with Crippen LogP contribution in [0.15, 0.2) is 22.9 Å². The lowest BCUT2D eigenvalue weighted by Crippen LogP contribution is -2.30. The quantitative estimate of drug-likeness (QED) is 0.920. The minimum atomic E-state index is 0.00767. The highest BCUT2D eigenvalue weighted by Gasteiger charge is 2.30. The van der Waals surface area contributed by atoms with Gasteiger partial charge in [-0.2, -0.15) is 4.98 Å². The van der Waals surface area contributed by atoms with Gasteiger partial charge in [0.2, 0.25) is 17.6 Å². The number of anilines is 1. The lowest BCUT2D eigenvalue weighted by molar-refractivity contribution is -0.119. The molecule has 0 bridgehead atoms. The van der Waals surface area contributed by atoms with Crippen molar-refractivity contribution in [2.24, 2.45) is 0 Å². The number of rotatable bonds is 4. The first-order valence-electron chi connectivity index (χ1n) is 9.05. The number of piperidine rings is 1. The van der Waals surface area contributed by atoms with Crippen molar-refractivity contribution in [3.63, 3.8) is 0 Å². The molecule has 2 aromatic heterocycles. The van der Waals surface area contributed by atoms with Gasteiger partial charge in [0.1, 0.15) is 5.82 Å². The van der Waals surface area contributed by atoms with Crippen molar-refractivity contribution in [1.29, 1.82) is 0 Å². The largest absolute Gasteiger partial charge is 0.357 e. The first-order chi connectivity index (χ1) is 12.2. The third kappa shape index (κ3) is 3.36. The first-order valence-corrected chi connectivity index (χ1v) is 9.05. The van der Waals surface area contributed by atoms with Crippen molar-refractivity contribution >= 4 is 11.7 Å². The van der Waals surface area contributed by atoms with Gasteiger partial charge >= 0.3 is 0 Å².